The van der Waals surface area contributed by atoms with Crippen LogP contribution in [0.25, 0.3) is 0 Å². The van der Waals surface area contributed by atoms with E-state index in [1.807, 2.05) is 0 Å². The van der Waals surface area contributed by atoms with Crippen molar-refractivity contribution in [1.29, 1.82) is 0 Å². The molecule has 0 fully saturated rings. The van der Waals surface area contributed by atoms with Crippen LogP contribution < -0.4 is 29.2 Å². The lowest BCUT2D eigenvalue weighted by Crippen LogP contribution is -2.55. The summed E-state index contributed by atoms with van der Waals surface area (Å²) in [4.78, 5) is 40.5. The minimum Gasteiger partial charge on any atom is -0.496 e. The van der Waals surface area contributed by atoms with Crippen molar-refractivity contribution in [3.8, 4) is 23.0 Å². The number of benzene rings is 2. The molecular weight excluding hydrogens is 476 g/mol. The fourth-order valence-electron chi connectivity index (χ4n) is 4.75. The van der Waals surface area contributed by atoms with E-state index < -0.39 is 23.1 Å². The fourth-order valence-corrected chi connectivity index (χ4v) is 5.02. The Kier molecular flexibility index (Phi) is 5.40. The summed E-state index contributed by atoms with van der Waals surface area (Å²) in [7, 11) is 4.54. The first-order chi connectivity index (χ1) is 16.7. The van der Waals surface area contributed by atoms with Gasteiger partial charge < -0.3 is 29.2 Å². The van der Waals surface area contributed by atoms with Gasteiger partial charge in [-0.2, -0.15) is 0 Å². The zero-order valence-corrected chi connectivity index (χ0v) is 20.3. The number of nitrogens with one attached hydrogen (secondary N) is 1. The quantitative estimate of drug-likeness (QED) is 0.637. The molecule has 0 unspecified atom stereocenters. The number of ketones is 2. The SMILES string of the molecule is COc1cc(OC)c2c(c1Cl)O[C@@]1(C(=O)C=C(Nc3ccc4c(c3)N(C)C(=O)CO4)C[C@H]1C)C2=O. The standard InChI is InChI=1S/C25H23ClN2O7/c1-12-7-14(27-13-5-6-16-15(8-13)28(2)20(30)11-34-16)9-19(29)25(12)24(31)21-17(32-3)10-18(33-4)22(26)23(21)35-25/h5-6,8-10,12,27H,7,11H2,1-4H3/t12-,25+/m1/s1. The first kappa shape index (κ1) is 23.0. The summed E-state index contributed by atoms with van der Waals surface area (Å²) in [5, 5.41) is 3.34. The number of Topliss-reactive ketones (excluding diaryl/α,β-unsaturated/α-hetero) is 1. The number of likely N-dealkylation sites (N-methyl/N-ethyl adjacent to an activating group) is 1. The number of fused-ring (bicyclic) bond motifs is 2. The van der Waals surface area contributed by atoms with Gasteiger partial charge in [-0.1, -0.05) is 18.5 Å². The third kappa shape index (κ3) is 3.33. The number of carbonyl (C=O) groups is 3. The molecule has 10 heteroatoms. The molecule has 5 rings (SSSR count). The summed E-state index contributed by atoms with van der Waals surface area (Å²) < 4.78 is 22.2. The zero-order valence-electron chi connectivity index (χ0n) is 19.6. The van der Waals surface area contributed by atoms with E-state index in [-0.39, 0.29) is 40.3 Å². The third-order valence-corrected chi connectivity index (χ3v) is 7.02. The number of allylic oxidation sites excluding steroid dienone is 1. The van der Waals surface area contributed by atoms with Crippen LogP contribution in [0, 0.1) is 5.92 Å². The van der Waals surface area contributed by atoms with E-state index in [0.717, 1.165) is 0 Å². The van der Waals surface area contributed by atoms with Crippen LogP contribution in [0.5, 0.6) is 23.0 Å². The first-order valence-corrected chi connectivity index (χ1v) is 11.3. The molecule has 182 valence electrons. The summed E-state index contributed by atoms with van der Waals surface area (Å²) in [5.74, 6) is -0.466. The average Bonchev–Trinajstić information content (AvgIpc) is 3.16. The van der Waals surface area contributed by atoms with Gasteiger partial charge in [0, 0.05) is 36.5 Å². The van der Waals surface area contributed by atoms with Crippen molar-refractivity contribution >= 4 is 40.4 Å². The Labute approximate surface area is 206 Å². The van der Waals surface area contributed by atoms with Crippen molar-refractivity contribution in [2.24, 2.45) is 5.92 Å². The first-order valence-electron chi connectivity index (χ1n) is 10.9. The lowest BCUT2D eigenvalue weighted by molar-refractivity contribution is -0.129. The third-order valence-electron chi connectivity index (χ3n) is 6.66. The van der Waals surface area contributed by atoms with Crippen molar-refractivity contribution in [3.63, 3.8) is 0 Å². The second kappa shape index (κ2) is 8.20. The van der Waals surface area contributed by atoms with E-state index in [4.69, 9.17) is 30.5 Å². The van der Waals surface area contributed by atoms with E-state index in [2.05, 4.69) is 5.32 Å². The highest BCUT2D eigenvalue weighted by Crippen LogP contribution is 2.53. The van der Waals surface area contributed by atoms with Gasteiger partial charge in [-0.3, -0.25) is 14.4 Å². The topological polar surface area (TPSA) is 103 Å². The Morgan fingerprint density at radius 1 is 1.14 bits per heavy atom. The molecule has 1 amide bonds. The van der Waals surface area contributed by atoms with Crippen LogP contribution in [0.4, 0.5) is 11.4 Å². The van der Waals surface area contributed by atoms with E-state index in [0.29, 0.717) is 29.2 Å². The van der Waals surface area contributed by atoms with Gasteiger partial charge in [-0.05, 0) is 24.6 Å². The molecule has 2 aromatic carbocycles. The maximum Gasteiger partial charge on any atom is 0.264 e. The number of anilines is 2. The van der Waals surface area contributed by atoms with E-state index >= 15 is 0 Å². The van der Waals surface area contributed by atoms with Crippen LogP contribution in [0.3, 0.4) is 0 Å². The molecule has 2 aliphatic heterocycles. The van der Waals surface area contributed by atoms with Crippen LogP contribution in [0.1, 0.15) is 23.7 Å². The Bertz CT molecular complexity index is 1320. The number of rotatable bonds is 4. The molecule has 0 saturated carbocycles. The summed E-state index contributed by atoms with van der Waals surface area (Å²) in [6.07, 6.45) is 1.73. The zero-order chi connectivity index (χ0) is 25.1. The van der Waals surface area contributed by atoms with Gasteiger partial charge in [0.25, 0.3) is 5.91 Å². The van der Waals surface area contributed by atoms with E-state index in [1.165, 1.54) is 31.3 Å². The van der Waals surface area contributed by atoms with Crippen LogP contribution in [0.2, 0.25) is 5.02 Å². The Morgan fingerprint density at radius 2 is 1.89 bits per heavy atom. The lowest BCUT2D eigenvalue weighted by atomic mass is 9.74. The lowest BCUT2D eigenvalue weighted by Gasteiger charge is -2.35. The molecule has 2 aromatic rings. The second-order valence-electron chi connectivity index (χ2n) is 8.65. The molecule has 1 aliphatic carbocycles. The molecule has 2 atom stereocenters. The number of carbonyl (C=O) groups excluding carboxylic acids is 3. The van der Waals surface area contributed by atoms with E-state index in [1.54, 1.807) is 32.2 Å². The van der Waals surface area contributed by atoms with Gasteiger partial charge in [0.05, 0.1) is 19.9 Å². The number of ether oxygens (including phenoxy) is 4. The Morgan fingerprint density at radius 3 is 2.57 bits per heavy atom. The number of amides is 1. The van der Waals surface area contributed by atoms with Gasteiger partial charge in [0.2, 0.25) is 17.2 Å². The molecule has 0 bridgehead atoms. The molecule has 3 aliphatic rings. The molecule has 2 heterocycles. The van der Waals surface area contributed by atoms with E-state index in [9.17, 15) is 14.4 Å². The maximum absolute atomic E-state index is 13.6. The molecule has 0 saturated heterocycles. The van der Waals surface area contributed by atoms with Crippen molar-refractivity contribution < 1.29 is 33.3 Å². The average molecular weight is 499 g/mol. The molecule has 0 radical (unpaired) electrons. The fraction of sp³-hybridized carbons (Fsp3) is 0.320. The Hall–Kier alpha value is -3.72. The largest absolute Gasteiger partial charge is 0.496 e. The number of hydrogen-bond acceptors (Lipinski definition) is 8. The highest BCUT2D eigenvalue weighted by molar-refractivity contribution is 6.36. The van der Waals surface area contributed by atoms with Gasteiger partial charge in [-0.25, -0.2) is 0 Å². The van der Waals surface area contributed by atoms with Gasteiger partial charge >= 0.3 is 0 Å². The summed E-state index contributed by atoms with van der Waals surface area (Å²) in [6, 6.07) is 6.84. The van der Waals surface area contributed by atoms with Gasteiger partial charge in [-0.15, -0.1) is 0 Å². The smallest absolute Gasteiger partial charge is 0.264 e. The monoisotopic (exact) mass is 498 g/mol. The molecule has 1 spiro atoms. The highest BCUT2D eigenvalue weighted by Gasteiger charge is 2.60. The van der Waals surface area contributed by atoms with Gasteiger partial charge in [0.1, 0.15) is 27.8 Å². The van der Waals surface area contributed by atoms with Crippen LogP contribution in [-0.2, 0) is 9.59 Å². The Balaban J connectivity index is 1.47. The predicted molar refractivity (Wildman–Crippen MR) is 128 cm³/mol. The molecule has 1 N–H and O–H groups in total. The molecule has 9 nitrogen and oxygen atoms in total. The summed E-state index contributed by atoms with van der Waals surface area (Å²) in [5.41, 5.74) is 0.298. The minimum absolute atomic E-state index is 0.00732. The molecular formula is C25H23ClN2O7. The van der Waals surface area contributed by atoms with Crippen molar-refractivity contribution in [2.45, 2.75) is 18.9 Å². The normalized spacial score (nSPS) is 22.8. The van der Waals surface area contributed by atoms with Crippen LogP contribution in [0.15, 0.2) is 36.0 Å². The minimum atomic E-state index is -1.74. The maximum atomic E-state index is 13.6. The predicted octanol–water partition coefficient (Wildman–Crippen LogP) is 3.63. The molecule has 35 heavy (non-hydrogen) atoms. The summed E-state index contributed by atoms with van der Waals surface area (Å²) >= 11 is 6.43. The van der Waals surface area contributed by atoms with Crippen molar-refractivity contribution in [2.75, 3.05) is 38.1 Å². The van der Waals surface area contributed by atoms with Crippen molar-refractivity contribution in [3.05, 3.63) is 46.6 Å². The van der Waals surface area contributed by atoms with Crippen molar-refractivity contribution in [1.82, 2.24) is 0 Å². The van der Waals surface area contributed by atoms with Gasteiger partial charge in [0.15, 0.2) is 12.4 Å². The van der Waals surface area contributed by atoms with Crippen LogP contribution >= 0.6 is 11.6 Å². The molecule has 0 aromatic heterocycles. The highest BCUT2D eigenvalue weighted by atomic mass is 35.5. The number of methoxy groups -OCH3 is 2. The number of halogens is 1. The number of nitrogens with zero attached hydrogens (tertiary/aromatic N) is 1. The van der Waals surface area contributed by atoms with Crippen LogP contribution in [-0.4, -0.2) is 50.9 Å². The number of hydrogen-bond donors (Lipinski definition) is 1. The second-order valence-corrected chi connectivity index (χ2v) is 9.03. The summed E-state index contributed by atoms with van der Waals surface area (Å²) in [6.45, 7) is 1.77.